The van der Waals surface area contributed by atoms with E-state index in [4.69, 9.17) is 0 Å². The molecule has 2 heteroatoms. The van der Waals surface area contributed by atoms with Gasteiger partial charge in [-0.2, -0.15) is 0 Å². The van der Waals surface area contributed by atoms with Crippen LogP contribution in [0.1, 0.15) is 64.2 Å². The zero-order valence-corrected chi connectivity index (χ0v) is 13.2. The van der Waals surface area contributed by atoms with Gasteiger partial charge in [0.1, 0.15) is 0 Å². The van der Waals surface area contributed by atoms with Crippen LogP contribution in [-0.4, -0.2) is 38.1 Å². The second kappa shape index (κ2) is 8.26. The third-order valence-electron chi connectivity index (χ3n) is 5.26. The van der Waals surface area contributed by atoms with Gasteiger partial charge in [0.25, 0.3) is 0 Å². The quantitative estimate of drug-likeness (QED) is 0.738. The second-order valence-electron chi connectivity index (χ2n) is 7.06. The van der Waals surface area contributed by atoms with Crippen LogP contribution in [0.15, 0.2) is 0 Å². The van der Waals surface area contributed by atoms with E-state index >= 15 is 0 Å². The predicted molar refractivity (Wildman–Crippen MR) is 83.5 cm³/mol. The van der Waals surface area contributed by atoms with Gasteiger partial charge in [0.15, 0.2) is 0 Å². The molecule has 2 rings (SSSR count). The number of nitrogens with zero attached hydrogens (tertiary/aromatic N) is 1. The van der Waals surface area contributed by atoms with Gasteiger partial charge in [0.2, 0.25) is 0 Å². The fourth-order valence-corrected chi connectivity index (χ4v) is 4.22. The molecule has 0 heterocycles. The van der Waals surface area contributed by atoms with Gasteiger partial charge in [-0.25, -0.2) is 0 Å². The third-order valence-corrected chi connectivity index (χ3v) is 5.26. The van der Waals surface area contributed by atoms with Crippen molar-refractivity contribution in [1.29, 1.82) is 0 Å². The highest BCUT2D eigenvalue weighted by Crippen LogP contribution is 2.38. The van der Waals surface area contributed by atoms with Crippen molar-refractivity contribution in [3.8, 4) is 0 Å². The largest absolute Gasteiger partial charge is 0.314 e. The summed E-state index contributed by atoms with van der Waals surface area (Å²) in [5.74, 6) is 2.04. The van der Waals surface area contributed by atoms with E-state index in [0.717, 1.165) is 17.9 Å². The summed E-state index contributed by atoms with van der Waals surface area (Å²) < 4.78 is 0. The molecule has 0 aromatic rings. The summed E-state index contributed by atoms with van der Waals surface area (Å²) in [6, 6.07) is 0.832. The maximum absolute atomic E-state index is 3.90. The molecule has 0 spiro atoms. The normalized spacial score (nSPS) is 29.8. The lowest BCUT2D eigenvalue weighted by atomic mass is 9.71. The Bertz CT molecular complexity index is 233. The molecule has 0 aromatic carbocycles. The summed E-state index contributed by atoms with van der Waals surface area (Å²) in [4.78, 5) is 2.29. The maximum Gasteiger partial charge on any atom is 0.00979 e. The molecule has 2 nitrogen and oxygen atoms in total. The van der Waals surface area contributed by atoms with Crippen LogP contribution in [0.4, 0.5) is 0 Å². The summed E-state index contributed by atoms with van der Waals surface area (Å²) in [7, 11) is 4.34. The van der Waals surface area contributed by atoms with Crippen molar-refractivity contribution in [1.82, 2.24) is 10.2 Å². The summed E-state index contributed by atoms with van der Waals surface area (Å²) in [6.07, 6.45) is 14.7. The monoisotopic (exact) mass is 266 g/mol. The van der Waals surface area contributed by atoms with Crippen LogP contribution in [0.3, 0.4) is 0 Å². The third kappa shape index (κ3) is 5.07. The van der Waals surface area contributed by atoms with Gasteiger partial charge >= 0.3 is 0 Å². The zero-order chi connectivity index (χ0) is 13.5. The van der Waals surface area contributed by atoms with Gasteiger partial charge in [-0.3, -0.25) is 0 Å². The summed E-state index contributed by atoms with van der Waals surface area (Å²) in [5.41, 5.74) is 0. The van der Waals surface area contributed by atoms with E-state index in [9.17, 15) is 0 Å². The average Bonchev–Trinajstić information content (AvgIpc) is 2.45. The Balaban J connectivity index is 1.75. The fraction of sp³-hybridized carbons (Fsp3) is 1.00. The van der Waals surface area contributed by atoms with Crippen molar-refractivity contribution in [2.24, 2.45) is 11.8 Å². The minimum Gasteiger partial charge on any atom is -0.314 e. The maximum atomic E-state index is 3.90. The van der Waals surface area contributed by atoms with Crippen LogP contribution in [0.2, 0.25) is 0 Å². The van der Waals surface area contributed by atoms with E-state index in [0.29, 0.717) is 0 Å². The molecule has 0 bridgehead atoms. The SMILES string of the molecule is CN(C)CCCNC1CCCCC1C1CCCCC1. The lowest BCUT2D eigenvalue weighted by Gasteiger charge is -2.39. The van der Waals surface area contributed by atoms with E-state index in [2.05, 4.69) is 24.3 Å². The topological polar surface area (TPSA) is 15.3 Å². The number of hydrogen-bond donors (Lipinski definition) is 1. The van der Waals surface area contributed by atoms with E-state index in [1.54, 1.807) is 0 Å². The predicted octanol–water partition coefficient (Wildman–Crippen LogP) is 3.67. The van der Waals surface area contributed by atoms with Crippen molar-refractivity contribution in [3.05, 3.63) is 0 Å². The molecule has 1 N–H and O–H groups in total. The molecule has 0 amide bonds. The lowest BCUT2D eigenvalue weighted by molar-refractivity contribution is 0.149. The first-order valence-corrected chi connectivity index (χ1v) is 8.65. The first kappa shape index (κ1) is 15.3. The summed E-state index contributed by atoms with van der Waals surface area (Å²) in [6.45, 7) is 2.43. The molecule has 2 fully saturated rings. The first-order valence-electron chi connectivity index (χ1n) is 8.65. The molecule has 2 aliphatic rings. The first-order chi connectivity index (χ1) is 9.27. The van der Waals surface area contributed by atoms with Gasteiger partial charge in [-0.05, 0) is 58.3 Å². The lowest BCUT2D eigenvalue weighted by Crippen LogP contribution is -2.43. The Labute approximate surface area is 120 Å². The van der Waals surface area contributed by atoms with Crippen molar-refractivity contribution < 1.29 is 0 Å². The van der Waals surface area contributed by atoms with Gasteiger partial charge in [0.05, 0.1) is 0 Å². The van der Waals surface area contributed by atoms with E-state index in [1.807, 2.05) is 0 Å². The van der Waals surface area contributed by atoms with Crippen molar-refractivity contribution in [3.63, 3.8) is 0 Å². The summed E-state index contributed by atoms with van der Waals surface area (Å²) >= 11 is 0. The molecule has 19 heavy (non-hydrogen) atoms. The molecule has 2 aliphatic carbocycles. The molecule has 0 aromatic heterocycles. The molecule has 2 saturated carbocycles. The molecular formula is C17H34N2. The van der Waals surface area contributed by atoms with Crippen molar-refractivity contribution in [2.45, 2.75) is 70.3 Å². The highest BCUT2D eigenvalue weighted by Gasteiger charge is 2.31. The van der Waals surface area contributed by atoms with Gasteiger partial charge in [-0.1, -0.05) is 44.9 Å². The van der Waals surface area contributed by atoms with Crippen LogP contribution >= 0.6 is 0 Å². The van der Waals surface area contributed by atoms with E-state index < -0.39 is 0 Å². The van der Waals surface area contributed by atoms with Crippen LogP contribution in [0.25, 0.3) is 0 Å². The zero-order valence-electron chi connectivity index (χ0n) is 13.2. The standard InChI is InChI=1S/C17H34N2/c1-19(2)14-8-13-18-17-12-7-6-11-16(17)15-9-4-3-5-10-15/h15-18H,3-14H2,1-2H3. The molecule has 112 valence electrons. The molecule has 2 atom stereocenters. The average molecular weight is 266 g/mol. The van der Waals surface area contributed by atoms with Gasteiger partial charge in [0, 0.05) is 6.04 Å². The Morgan fingerprint density at radius 1 is 0.895 bits per heavy atom. The highest BCUT2D eigenvalue weighted by atomic mass is 15.1. The molecule has 0 aliphatic heterocycles. The van der Waals surface area contributed by atoms with Crippen LogP contribution in [0.5, 0.6) is 0 Å². The van der Waals surface area contributed by atoms with Crippen molar-refractivity contribution in [2.75, 3.05) is 27.2 Å². The Morgan fingerprint density at radius 3 is 2.32 bits per heavy atom. The van der Waals surface area contributed by atoms with Crippen molar-refractivity contribution >= 4 is 0 Å². The molecule has 2 unspecified atom stereocenters. The second-order valence-corrected chi connectivity index (χ2v) is 7.06. The minimum absolute atomic E-state index is 0.832. The van der Waals surface area contributed by atoms with E-state index in [1.165, 1.54) is 77.3 Å². The molecule has 0 radical (unpaired) electrons. The Kier molecular flexibility index (Phi) is 6.66. The molecule has 0 saturated heterocycles. The highest BCUT2D eigenvalue weighted by molar-refractivity contribution is 4.86. The molecular weight excluding hydrogens is 232 g/mol. The van der Waals surface area contributed by atoms with Crippen LogP contribution < -0.4 is 5.32 Å². The minimum atomic E-state index is 0.832. The Morgan fingerprint density at radius 2 is 1.58 bits per heavy atom. The van der Waals surface area contributed by atoms with E-state index in [-0.39, 0.29) is 0 Å². The van der Waals surface area contributed by atoms with Gasteiger partial charge < -0.3 is 10.2 Å². The van der Waals surface area contributed by atoms with Gasteiger partial charge in [-0.15, -0.1) is 0 Å². The number of hydrogen-bond acceptors (Lipinski definition) is 2. The smallest absolute Gasteiger partial charge is 0.00979 e. The van der Waals surface area contributed by atoms with Crippen LogP contribution in [-0.2, 0) is 0 Å². The number of rotatable bonds is 6. The number of nitrogens with one attached hydrogen (secondary N) is 1. The van der Waals surface area contributed by atoms with Crippen LogP contribution in [0, 0.1) is 11.8 Å². The fourth-order valence-electron chi connectivity index (χ4n) is 4.22. The Hall–Kier alpha value is -0.0800. The summed E-state index contributed by atoms with van der Waals surface area (Å²) in [5, 5.41) is 3.90.